The van der Waals surface area contributed by atoms with Crippen LogP contribution >= 0.6 is 11.6 Å². The van der Waals surface area contributed by atoms with Crippen LogP contribution in [-0.2, 0) is 20.9 Å². The van der Waals surface area contributed by atoms with Crippen molar-refractivity contribution in [3.8, 4) is 0 Å². The third kappa shape index (κ3) is 5.40. The van der Waals surface area contributed by atoms with Crippen molar-refractivity contribution in [2.75, 3.05) is 7.11 Å². The third-order valence-electron chi connectivity index (χ3n) is 2.88. The Morgan fingerprint density at radius 2 is 1.92 bits per heavy atom. The Morgan fingerprint density at radius 3 is 2.58 bits per heavy atom. The van der Waals surface area contributed by atoms with E-state index >= 15 is 0 Å². The number of amides is 1. The average molecular weight is 347 g/mol. The van der Waals surface area contributed by atoms with E-state index in [4.69, 9.17) is 16.3 Å². The zero-order valence-electron chi connectivity index (χ0n) is 12.9. The maximum Gasteiger partial charge on any atom is 0.412 e. The molecule has 0 fully saturated rings. The molecule has 0 aliphatic heterocycles. The van der Waals surface area contributed by atoms with E-state index in [1.807, 2.05) is 30.3 Å². The fourth-order valence-corrected chi connectivity index (χ4v) is 1.95. The smallest absolute Gasteiger partial charge is 0.412 e. The number of benzene rings is 1. The molecule has 124 valence electrons. The Hall–Kier alpha value is -2.86. The fourth-order valence-electron chi connectivity index (χ4n) is 1.78. The highest BCUT2D eigenvalue weighted by atomic mass is 35.5. The normalized spacial score (nSPS) is 10.8. The highest BCUT2D eigenvalue weighted by Gasteiger charge is 2.15. The second-order valence-corrected chi connectivity index (χ2v) is 5.01. The van der Waals surface area contributed by atoms with Crippen LogP contribution in [-0.4, -0.2) is 24.2 Å². The maximum atomic E-state index is 11.9. The lowest BCUT2D eigenvalue weighted by atomic mass is 10.2. The van der Waals surface area contributed by atoms with Crippen LogP contribution in [0.15, 0.2) is 54.2 Å². The number of carbonyl (C=O) groups is 2. The second kappa shape index (κ2) is 8.69. The van der Waals surface area contributed by atoms with Crippen molar-refractivity contribution in [2.24, 2.45) is 0 Å². The summed E-state index contributed by atoms with van der Waals surface area (Å²) >= 11 is 5.80. The highest BCUT2D eigenvalue weighted by molar-refractivity contribution is 6.29. The van der Waals surface area contributed by atoms with Gasteiger partial charge in [-0.25, -0.2) is 14.6 Å². The number of aromatic nitrogens is 1. The van der Waals surface area contributed by atoms with Gasteiger partial charge in [-0.05, 0) is 23.8 Å². The van der Waals surface area contributed by atoms with E-state index in [2.05, 4.69) is 15.0 Å². The molecule has 0 unspecified atom stereocenters. The SMILES string of the molecule is COC(=O)C(=Cc1cccc(Cl)n1)NC(=O)OCc1ccccc1. The van der Waals surface area contributed by atoms with Gasteiger partial charge in [0, 0.05) is 0 Å². The van der Waals surface area contributed by atoms with Crippen LogP contribution in [0.1, 0.15) is 11.3 Å². The molecule has 0 atom stereocenters. The number of ether oxygens (including phenoxy) is 2. The molecule has 1 aromatic carbocycles. The summed E-state index contributed by atoms with van der Waals surface area (Å²) in [6.45, 7) is 0.0799. The molecule has 7 heteroatoms. The second-order valence-electron chi connectivity index (χ2n) is 4.62. The number of halogens is 1. The number of esters is 1. The predicted octanol–water partition coefficient (Wildman–Crippen LogP) is 3.18. The zero-order chi connectivity index (χ0) is 17.4. The minimum atomic E-state index is -0.780. The summed E-state index contributed by atoms with van der Waals surface area (Å²) in [6, 6.07) is 14.1. The Morgan fingerprint density at radius 1 is 1.17 bits per heavy atom. The lowest BCUT2D eigenvalue weighted by molar-refractivity contribution is -0.136. The highest BCUT2D eigenvalue weighted by Crippen LogP contribution is 2.09. The van der Waals surface area contributed by atoms with Crippen molar-refractivity contribution in [3.05, 3.63) is 70.6 Å². The number of hydrogen-bond acceptors (Lipinski definition) is 5. The summed E-state index contributed by atoms with van der Waals surface area (Å²) in [6.07, 6.45) is 0.569. The van der Waals surface area contributed by atoms with Gasteiger partial charge in [0.25, 0.3) is 0 Å². The molecule has 0 bridgehead atoms. The van der Waals surface area contributed by atoms with Gasteiger partial charge in [-0.15, -0.1) is 0 Å². The van der Waals surface area contributed by atoms with Crippen LogP contribution in [0.4, 0.5) is 4.79 Å². The molecule has 1 aromatic heterocycles. The number of pyridine rings is 1. The molecular weight excluding hydrogens is 332 g/mol. The summed E-state index contributed by atoms with van der Waals surface area (Å²) in [7, 11) is 1.21. The molecule has 2 aromatic rings. The first-order chi connectivity index (χ1) is 11.6. The molecule has 0 saturated heterocycles. The molecule has 1 N–H and O–H groups in total. The number of hydrogen-bond donors (Lipinski definition) is 1. The lowest BCUT2D eigenvalue weighted by Gasteiger charge is -2.09. The molecule has 0 radical (unpaired) electrons. The quantitative estimate of drug-likeness (QED) is 0.511. The third-order valence-corrected chi connectivity index (χ3v) is 3.09. The Labute approximate surface area is 144 Å². The molecule has 24 heavy (non-hydrogen) atoms. The topological polar surface area (TPSA) is 77.5 Å². The Kier molecular flexibility index (Phi) is 6.33. The van der Waals surface area contributed by atoms with Gasteiger partial charge < -0.3 is 9.47 Å². The number of nitrogens with one attached hydrogen (secondary N) is 1. The van der Waals surface area contributed by atoms with Gasteiger partial charge in [-0.1, -0.05) is 48.0 Å². The number of methoxy groups -OCH3 is 1. The van der Waals surface area contributed by atoms with Crippen LogP contribution < -0.4 is 5.32 Å². The van der Waals surface area contributed by atoms with E-state index < -0.39 is 12.1 Å². The predicted molar refractivity (Wildman–Crippen MR) is 89.0 cm³/mol. The number of rotatable bonds is 5. The van der Waals surface area contributed by atoms with Gasteiger partial charge in [-0.2, -0.15) is 0 Å². The van der Waals surface area contributed by atoms with Crippen LogP contribution in [0, 0.1) is 0 Å². The first-order valence-corrected chi connectivity index (χ1v) is 7.36. The number of nitrogens with zero attached hydrogens (tertiary/aromatic N) is 1. The standard InChI is InChI=1S/C17H15ClN2O4/c1-23-16(21)14(10-13-8-5-9-15(18)19-13)20-17(22)24-11-12-6-3-2-4-7-12/h2-10H,11H2,1H3,(H,20,22). The van der Waals surface area contributed by atoms with E-state index in [-0.39, 0.29) is 17.5 Å². The molecule has 1 amide bonds. The van der Waals surface area contributed by atoms with E-state index in [0.29, 0.717) is 5.69 Å². The van der Waals surface area contributed by atoms with Crippen molar-refractivity contribution in [1.29, 1.82) is 0 Å². The van der Waals surface area contributed by atoms with E-state index in [1.165, 1.54) is 13.2 Å². The first kappa shape index (κ1) is 17.5. The van der Waals surface area contributed by atoms with Gasteiger partial charge in [-0.3, -0.25) is 5.32 Å². The largest absolute Gasteiger partial charge is 0.464 e. The minimum absolute atomic E-state index is 0.0799. The van der Waals surface area contributed by atoms with Crippen LogP contribution in [0.2, 0.25) is 5.15 Å². The van der Waals surface area contributed by atoms with Crippen molar-refractivity contribution < 1.29 is 19.1 Å². The Bertz CT molecular complexity index is 747. The number of alkyl carbamates (subject to hydrolysis) is 1. The molecule has 6 nitrogen and oxygen atoms in total. The minimum Gasteiger partial charge on any atom is -0.464 e. The summed E-state index contributed by atoms with van der Waals surface area (Å²) in [4.78, 5) is 27.7. The average Bonchev–Trinajstić information content (AvgIpc) is 2.59. The van der Waals surface area contributed by atoms with Crippen molar-refractivity contribution in [1.82, 2.24) is 10.3 Å². The fraction of sp³-hybridized carbons (Fsp3) is 0.118. The van der Waals surface area contributed by atoms with E-state index in [9.17, 15) is 9.59 Å². The number of carbonyl (C=O) groups excluding carboxylic acids is 2. The molecular formula is C17H15ClN2O4. The van der Waals surface area contributed by atoms with E-state index in [1.54, 1.807) is 18.2 Å². The van der Waals surface area contributed by atoms with Gasteiger partial charge in [0.15, 0.2) is 0 Å². The van der Waals surface area contributed by atoms with Crippen LogP contribution in [0.25, 0.3) is 6.08 Å². The Balaban J connectivity index is 2.05. The van der Waals surface area contributed by atoms with Gasteiger partial charge in [0.1, 0.15) is 17.5 Å². The molecule has 0 spiro atoms. The molecule has 0 aliphatic carbocycles. The molecule has 1 heterocycles. The summed E-state index contributed by atoms with van der Waals surface area (Å²) in [5, 5.41) is 2.61. The lowest BCUT2D eigenvalue weighted by Crippen LogP contribution is -2.28. The summed E-state index contributed by atoms with van der Waals surface area (Å²) in [5.74, 6) is -0.728. The van der Waals surface area contributed by atoms with E-state index in [0.717, 1.165) is 5.56 Å². The van der Waals surface area contributed by atoms with Crippen molar-refractivity contribution >= 4 is 29.7 Å². The monoisotopic (exact) mass is 346 g/mol. The molecule has 0 aliphatic rings. The van der Waals surface area contributed by atoms with Crippen molar-refractivity contribution in [2.45, 2.75) is 6.61 Å². The van der Waals surface area contributed by atoms with Crippen LogP contribution in [0.3, 0.4) is 0 Å². The van der Waals surface area contributed by atoms with Gasteiger partial charge in [0.2, 0.25) is 0 Å². The zero-order valence-corrected chi connectivity index (χ0v) is 13.6. The molecule has 0 saturated carbocycles. The first-order valence-electron chi connectivity index (χ1n) is 6.99. The summed E-state index contributed by atoms with van der Waals surface area (Å²) in [5.41, 5.74) is 1.12. The van der Waals surface area contributed by atoms with Gasteiger partial charge in [0.05, 0.1) is 12.8 Å². The van der Waals surface area contributed by atoms with Crippen LogP contribution in [0.5, 0.6) is 0 Å². The maximum absolute atomic E-state index is 11.9. The van der Waals surface area contributed by atoms with Gasteiger partial charge >= 0.3 is 12.1 Å². The van der Waals surface area contributed by atoms with Crippen molar-refractivity contribution in [3.63, 3.8) is 0 Å². The summed E-state index contributed by atoms with van der Waals surface area (Å²) < 4.78 is 9.71. The molecule has 2 rings (SSSR count).